The molecule has 1 atom stereocenters. The molecule has 0 saturated heterocycles. The van der Waals surface area contributed by atoms with Gasteiger partial charge in [-0.1, -0.05) is 12.1 Å². The summed E-state index contributed by atoms with van der Waals surface area (Å²) in [6, 6.07) is 7.84. The van der Waals surface area contributed by atoms with Gasteiger partial charge in [0.2, 0.25) is 0 Å². The average molecular weight is 290 g/mol. The fraction of sp³-hybridized carbons (Fsp3) is 0.312. The van der Waals surface area contributed by atoms with Crippen LogP contribution in [0.25, 0.3) is 0 Å². The minimum atomic E-state index is -0.299. The molecule has 0 fully saturated rings. The van der Waals surface area contributed by atoms with Crippen molar-refractivity contribution >= 4 is 17.5 Å². The Labute approximate surface area is 122 Å². The van der Waals surface area contributed by atoms with Crippen molar-refractivity contribution < 1.29 is 9.21 Å². The van der Waals surface area contributed by atoms with Gasteiger partial charge in [0.25, 0.3) is 5.91 Å². The van der Waals surface area contributed by atoms with Crippen LogP contribution in [0.3, 0.4) is 0 Å². The van der Waals surface area contributed by atoms with Crippen LogP contribution < -0.4 is 5.32 Å². The average Bonchev–Trinajstić information content (AvgIpc) is 2.77. The summed E-state index contributed by atoms with van der Waals surface area (Å²) in [5, 5.41) is 2.56. The second-order valence-corrected chi connectivity index (χ2v) is 5.59. The van der Waals surface area contributed by atoms with Crippen molar-refractivity contribution in [3.8, 4) is 0 Å². The van der Waals surface area contributed by atoms with Gasteiger partial charge in [-0.15, -0.1) is 11.6 Å². The number of aryl methyl sites for hydroxylation is 2. The van der Waals surface area contributed by atoms with Gasteiger partial charge in [0, 0.05) is 17.7 Å². The second kappa shape index (κ2) is 4.98. The number of hydrogen-bond donors (Lipinski definition) is 1. The quantitative estimate of drug-likeness (QED) is 0.860. The van der Waals surface area contributed by atoms with E-state index in [0.29, 0.717) is 6.54 Å². The van der Waals surface area contributed by atoms with Gasteiger partial charge in [0.05, 0.1) is 5.38 Å². The third-order valence-corrected chi connectivity index (χ3v) is 4.19. The standard InChI is InChI=1S/C16H16ClNO2/c1-9-7-13(10(2)20-9)15(17)12-4-3-11-5-6-18-16(19)14(11)8-12/h3-4,7-8,15H,5-6H2,1-2H3,(H,18,19). The van der Waals surface area contributed by atoms with Crippen LogP contribution in [0.15, 0.2) is 28.7 Å². The molecule has 3 nitrogen and oxygen atoms in total. The van der Waals surface area contributed by atoms with Crippen LogP contribution in [-0.2, 0) is 6.42 Å². The Morgan fingerprint density at radius 1 is 1.30 bits per heavy atom. The Hall–Kier alpha value is -1.74. The topological polar surface area (TPSA) is 42.2 Å². The van der Waals surface area contributed by atoms with Gasteiger partial charge in [-0.3, -0.25) is 4.79 Å². The number of carbonyl (C=O) groups is 1. The third kappa shape index (κ3) is 2.22. The monoisotopic (exact) mass is 289 g/mol. The minimum absolute atomic E-state index is 0.0166. The Balaban J connectivity index is 2.00. The number of nitrogens with one attached hydrogen (secondary N) is 1. The number of carbonyl (C=O) groups excluding carboxylic acids is 1. The molecule has 2 aromatic rings. The Morgan fingerprint density at radius 2 is 2.10 bits per heavy atom. The minimum Gasteiger partial charge on any atom is -0.466 e. The van der Waals surface area contributed by atoms with Crippen LogP contribution >= 0.6 is 11.6 Å². The van der Waals surface area contributed by atoms with E-state index in [4.69, 9.17) is 16.0 Å². The molecule has 0 saturated carbocycles. The van der Waals surface area contributed by atoms with E-state index in [0.717, 1.165) is 40.2 Å². The first-order valence-corrected chi connectivity index (χ1v) is 7.12. The van der Waals surface area contributed by atoms with Crippen LogP contribution in [0.2, 0.25) is 0 Å². The van der Waals surface area contributed by atoms with Crippen molar-refractivity contribution in [2.45, 2.75) is 25.6 Å². The molecule has 0 bridgehead atoms. The van der Waals surface area contributed by atoms with Crippen LogP contribution in [0.4, 0.5) is 0 Å². The first-order valence-electron chi connectivity index (χ1n) is 6.68. The maximum atomic E-state index is 11.9. The number of rotatable bonds is 2. The molecule has 1 N–H and O–H groups in total. The predicted molar refractivity (Wildman–Crippen MR) is 78.4 cm³/mol. The van der Waals surface area contributed by atoms with Crippen molar-refractivity contribution in [1.82, 2.24) is 5.32 Å². The summed E-state index contributed by atoms with van der Waals surface area (Å²) >= 11 is 6.55. The normalized spacial score (nSPS) is 15.7. The molecular formula is C16H16ClNO2. The fourth-order valence-electron chi connectivity index (χ4n) is 2.67. The van der Waals surface area contributed by atoms with Crippen molar-refractivity contribution in [2.24, 2.45) is 0 Å². The van der Waals surface area contributed by atoms with Gasteiger partial charge >= 0.3 is 0 Å². The third-order valence-electron chi connectivity index (χ3n) is 3.70. The van der Waals surface area contributed by atoms with Crippen molar-refractivity contribution in [2.75, 3.05) is 6.54 Å². The first kappa shape index (κ1) is 13.3. The molecule has 1 aromatic heterocycles. The summed E-state index contributed by atoms with van der Waals surface area (Å²) in [7, 11) is 0. The molecule has 20 heavy (non-hydrogen) atoms. The van der Waals surface area contributed by atoms with Crippen LogP contribution in [-0.4, -0.2) is 12.5 Å². The zero-order chi connectivity index (χ0) is 14.3. The predicted octanol–water partition coefficient (Wildman–Crippen LogP) is 3.51. The molecule has 104 valence electrons. The highest BCUT2D eigenvalue weighted by Crippen LogP contribution is 2.34. The largest absolute Gasteiger partial charge is 0.466 e. The van der Waals surface area contributed by atoms with Gasteiger partial charge in [-0.25, -0.2) is 0 Å². The highest BCUT2D eigenvalue weighted by atomic mass is 35.5. The van der Waals surface area contributed by atoms with E-state index >= 15 is 0 Å². The van der Waals surface area contributed by atoms with Gasteiger partial charge in [-0.2, -0.15) is 0 Å². The number of fused-ring (bicyclic) bond motifs is 1. The molecule has 0 spiro atoms. The number of benzene rings is 1. The Kier molecular flexibility index (Phi) is 3.30. The lowest BCUT2D eigenvalue weighted by Crippen LogP contribution is -2.31. The zero-order valence-corrected chi connectivity index (χ0v) is 12.3. The summed E-state index contributed by atoms with van der Waals surface area (Å²) in [4.78, 5) is 11.9. The summed E-state index contributed by atoms with van der Waals surface area (Å²) in [5.74, 6) is 1.65. The summed E-state index contributed by atoms with van der Waals surface area (Å²) < 4.78 is 5.53. The van der Waals surface area contributed by atoms with E-state index in [2.05, 4.69) is 5.32 Å². The highest BCUT2D eigenvalue weighted by Gasteiger charge is 2.21. The SMILES string of the molecule is Cc1cc(C(Cl)c2ccc3c(c2)C(=O)NCC3)c(C)o1. The first-order chi connectivity index (χ1) is 9.56. The molecule has 1 aromatic carbocycles. The summed E-state index contributed by atoms with van der Waals surface area (Å²) in [6.07, 6.45) is 0.873. The molecule has 2 heterocycles. The Morgan fingerprint density at radius 3 is 2.80 bits per heavy atom. The van der Waals surface area contributed by atoms with Crippen LogP contribution in [0, 0.1) is 13.8 Å². The van der Waals surface area contributed by atoms with E-state index < -0.39 is 0 Å². The van der Waals surface area contributed by atoms with Crippen LogP contribution in [0.1, 0.15) is 43.9 Å². The molecule has 0 radical (unpaired) electrons. The zero-order valence-electron chi connectivity index (χ0n) is 11.5. The molecule has 3 rings (SSSR count). The highest BCUT2D eigenvalue weighted by molar-refractivity contribution is 6.22. The lowest BCUT2D eigenvalue weighted by Gasteiger charge is -2.18. The van der Waals surface area contributed by atoms with E-state index in [9.17, 15) is 4.79 Å². The molecular weight excluding hydrogens is 274 g/mol. The van der Waals surface area contributed by atoms with Crippen molar-refractivity contribution in [3.63, 3.8) is 0 Å². The lowest BCUT2D eigenvalue weighted by atomic mass is 9.95. The fourth-order valence-corrected chi connectivity index (χ4v) is 3.02. The van der Waals surface area contributed by atoms with Crippen molar-refractivity contribution in [3.05, 3.63) is 58.0 Å². The smallest absolute Gasteiger partial charge is 0.251 e. The van der Waals surface area contributed by atoms with Crippen molar-refractivity contribution in [1.29, 1.82) is 0 Å². The molecule has 0 aliphatic carbocycles. The summed E-state index contributed by atoms with van der Waals surface area (Å²) in [5.41, 5.74) is 3.70. The van der Waals surface area contributed by atoms with Gasteiger partial charge in [0.15, 0.2) is 0 Å². The van der Waals surface area contributed by atoms with E-state index in [1.165, 1.54) is 0 Å². The number of furan rings is 1. The number of hydrogen-bond acceptors (Lipinski definition) is 2. The molecule has 1 aliphatic rings. The molecule has 1 aliphatic heterocycles. The van der Waals surface area contributed by atoms with Gasteiger partial charge < -0.3 is 9.73 Å². The molecule has 1 amide bonds. The van der Waals surface area contributed by atoms with E-state index in [1.807, 2.05) is 38.1 Å². The number of halogens is 1. The molecule has 1 unspecified atom stereocenters. The van der Waals surface area contributed by atoms with E-state index in [-0.39, 0.29) is 11.3 Å². The summed E-state index contributed by atoms with van der Waals surface area (Å²) in [6.45, 7) is 4.51. The lowest BCUT2D eigenvalue weighted by molar-refractivity contribution is 0.0946. The number of amides is 1. The van der Waals surface area contributed by atoms with E-state index in [1.54, 1.807) is 0 Å². The van der Waals surface area contributed by atoms with Crippen LogP contribution in [0.5, 0.6) is 0 Å². The number of alkyl halides is 1. The maximum Gasteiger partial charge on any atom is 0.251 e. The van der Waals surface area contributed by atoms with Gasteiger partial charge in [-0.05, 0) is 43.5 Å². The maximum absolute atomic E-state index is 11.9. The Bertz CT molecular complexity index is 675. The molecule has 4 heteroatoms. The van der Waals surface area contributed by atoms with Gasteiger partial charge in [0.1, 0.15) is 11.5 Å². The second-order valence-electron chi connectivity index (χ2n) is 5.15.